The maximum Gasteiger partial charge on any atom is 0.229 e. The van der Waals surface area contributed by atoms with E-state index in [9.17, 15) is 14.0 Å². The number of nitrogens with zero attached hydrogens (tertiary/aromatic N) is 5. The second-order valence-electron chi connectivity index (χ2n) is 7.79. The van der Waals surface area contributed by atoms with Crippen LogP contribution in [0, 0.1) is 11.7 Å². The van der Waals surface area contributed by atoms with Gasteiger partial charge in [0.25, 0.3) is 0 Å². The van der Waals surface area contributed by atoms with Gasteiger partial charge in [-0.3, -0.25) is 9.59 Å². The maximum absolute atomic E-state index is 13.2. The van der Waals surface area contributed by atoms with Crippen molar-refractivity contribution in [2.45, 2.75) is 6.42 Å². The Balaban J connectivity index is 1.20. The number of halogens is 1. The molecule has 1 fully saturated rings. The van der Waals surface area contributed by atoms with Gasteiger partial charge in [-0.05, 0) is 54.6 Å². The summed E-state index contributed by atoms with van der Waals surface area (Å²) in [7, 11) is 0. The first-order chi connectivity index (χ1) is 16.5. The smallest absolute Gasteiger partial charge is 0.229 e. The summed E-state index contributed by atoms with van der Waals surface area (Å²) in [6, 6.07) is 16.4. The molecule has 0 saturated carbocycles. The molecule has 0 radical (unpaired) electrons. The van der Waals surface area contributed by atoms with Crippen LogP contribution in [0.5, 0.6) is 0 Å². The molecule has 3 heterocycles. The lowest BCUT2D eigenvalue weighted by Gasteiger charge is -2.16. The molecule has 1 aliphatic rings. The molecule has 2 N–H and O–H groups in total. The first-order valence-corrected chi connectivity index (χ1v) is 10.6. The zero-order valence-electron chi connectivity index (χ0n) is 17.9. The fourth-order valence-electron chi connectivity index (χ4n) is 3.73. The molecule has 0 bridgehead atoms. The minimum absolute atomic E-state index is 0.106. The lowest BCUT2D eigenvalue weighted by Crippen LogP contribution is -2.28. The van der Waals surface area contributed by atoms with Crippen LogP contribution in [0.2, 0.25) is 0 Å². The standard InChI is InChI=1S/C24H20FN7O2/c25-17-2-8-20(9-3-17)31-14-16(12-23(31)33)24(34)30-19-6-4-18(5-7-19)29-21-13-22(27-15-26-21)32-11-1-10-28-32/h1-11,13,15-16H,12,14H2,(H,30,34)(H,26,27,29)/t16-/m0/s1. The lowest BCUT2D eigenvalue weighted by atomic mass is 10.1. The molecular formula is C24H20FN7O2. The molecule has 10 heteroatoms. The Morgan fingerprint density at radius 2 is 1.79 bits per heavy atom. The van der Waals surface area contributed by atoms with Gasteiger partial charge in [-0.15, -0.1) is 0 Å². The molecule has 2 aromatic heterocycles. The fourth-order valence-corrected chi connectivity index (χ4v) is 3.73. The Hall–Kier alpha value is -4.60. The molecule has 2 aromatic carbocycles. The van der Waals surface area contributed by atoms with Crippen LogP contribution in [0.1, 0.15) is 6.42 Å². The van der Waals surface area contributed by atoms with E-state index in [1.165, 1.54) is 35.5 Å². The summed E-state index contributed by atoms with van der Waals surface area (Å²) in [4.78, 5) is 35.0. The Morgan fingerprint density at radius 1 is 1.03 bits per heavy atom. The molecule has 9 nitrogen and oxygen atoms in total. The van der Waals surface area contributed by atoms with Gasteiger partial charge in [-0.25, -0.2) is 19.0 Å². The van der Waals surface area contributed by atoms with Crippen molar-refractivity contribution in [3.05, 3.63) is 85.2 Å². The summed E-state index contributed by atoms with van der Waals surface area (Å²) in [5.41, 5.74) is 1.97. The Kier molecular flexibility index (Phi) is 5.69. The summed E-state index contributed by atoms with van der Waals surface area (Å²) in [5, 5.41) is 10.2. The molecule has 2 amide bonds. The topological polar surface area (TPSA) is 105 Å². The number of anilines is 4. The van der Waals surface area contributed by atoms with Crippen LogP contribution in [-0.4, -0.2) is 38.1 Å². The minimum Gasteiger partial charge on any atom is -0.340 e. The number of nitrogens with one attached hydrogen (secondary N) is 2. The predicted octanol–water partition coefficient (Wildman–Crippen LogP) is 3.54. The third kappa shape index (κ3) is 4.60. The van der Waals surface area contributed by atoms with Crippen molar-refractivity contribution in [3.63, 3.8) is 0 Å². The number of carbonyl (C=O) groups is 2. The highest BCUT2D eigenvalue weighted by Gasteiger charge is 2.35. The van der Waals surface area contributed by atoms with Crippen LogP contribution < -0.4 is 15.5 Å². The molecule has 170 valence electrons. The van der Waals surface area contributed by atoms with Gasteiger partial charge >= 0.3 is 0 Å². The number of aromatic nitrogens is 4. The highest BCUT2D eigenvalue weighted by Crippen LogP contribution is 2.26. The van der Waals surface area contributed by atoms with Crippen molar-refractivity contribution >= 4 is 34.7 Å². The summed E-state index contributed by atoms with van der Waals surface area (Å²) in [5.74, 6) is -0.0310. The van der Waals surface area contributed by atoms with Crippen LogP contribution in [0.3, 0.4) is 0 Å². The number of rotatable bonds is 6. The molecule has 1 aliphatic heterocycles. The second-order valence-corrected chi connectivity index (χ2v) is 7.79. The van der Waals surface area contributed by atoms with Crippen LogP contribution in [0.25, 0.3) is 5.82 Å². The van der Waals surface area contributed by atoms with Crippen LogP contribution in [0.4, 0.5) is 27.3 Å². The van der Waals surface area contributed by atoms with E-state index in [2.05, 4.69) is 25.7 Å². The van der Waals surface area contributed by atoms with Crippen molar-refractivity contribution in [1.29, 1.82) is 0 Å². The van der Waals surface area contributed by atoms with E-state index in [4.69, 9.17) is 0 Å². The van der Waals surface area contributed by atoms with E-state index in [0.29, 0.717) is 23.0 Å². The van der Waals surface area contributed by atoms with Gasteiger partial charge in [-0.1, -0.05) is 0 Å². The minimum atomic E-state index is -0.489. The quantitative estimate of drug-likeness (QED) is 0.459. The van der Waals surface area contributed by atoms with E-state index in [0.717, 1.165) is 5.69 Å². The third-order valence-electron chi connectivity index (χ3n) is 5.45. The average molecular weight is 457 g/mol. The molecule has 1 saturated heterocycles. The SMILES string of the molecule is O=C(Nc1ccc(Nc2cc(-n3cccn3)ncn2)cc1)[C@H]1CC(=O)N(c2ccc(F)cc2)C1. The van der Waals surface area contributed by atoms with E-state index in [1.54, 1.807) is 35.3 Å². The number of carbonyl (C=O) groups excluding carboxylic acids is 2. The molecule has 0 unspecified atom stereocenters. The van der Waals surface area contributed by atoms with Gasteiger partial charge in [0, 0.05) is 48.5 Å². The number of benzene rings is 2. The van der Waals surface area contributed by atoms with Gasteiger partial charge in [0.05, 0.1) is 5.92 Å². The van der Waals surface area contributed by atoms with Gasteiger partial charge in [0.1, 0.15) is 18.0 Å². The first-order valence-electron chi connectivity index (χ1n) is 10.6. The molecule has 0 aliphatic carbocycles. The van der Waals surface area contributed by atoms with Crippen molar-refractivity contribution in [1.82, 2.24) is 19.7 Å². The maximum atomic E-state index is 13.2. The zero-order chi connectivity index (χ0) is 23.5. The number of hydrogen-bond donors (Lipinski definition) is 2. The van der Waals surface area contributed by atoms with Gasteiger partial charge < -0.3 is 15.5 Å². The molecule has 0 spiro atoms. The first kappa shape index (κ1) is 21.3. The summed E-state index contributed by atoms with van der Waals surface area (Å²) in [6.07, 6.45) is 5.02. The number of amides is 2. The summed E-state index contributed by atoms with van der Waals surface area (Å²) >= 11 is 0. The normalized spacial score (nSPS) is 15.4. The van der Waals surface area contributed by atoms with E-state index in [1.807, 2.05) is 18.2 Å². The fraction of sp³-hybridized carbons (Fsp3) is 0.125. The van der Waals surface area contributed by atoms with Crippen molar-refractivity contribution in [2.24, 2.45) is 5.92 Å². The molecule has 5 rings (SSSR count). The van der Waals surface area contributed by atoms with Crippen LogP contribution in [0.15, 0.2) is 79.4 Å². The van der Waals surface area contributed by atoms with E-state index in [-0.39, 0.29) is 30.6 Å². The highest BCUT2D eigenvalue weighted by atomic mass is 19.1. The molecule has 34 heavy (non-hydrogen) atoms. The number of hydrogen-bond acceptors (Lipinski definition) is 6. The van der Waals surface area contributed by atoms with Crippen molar-refractivity contribution in [2.75, 3.05) is 22.1 Å². The van der Waals surface area contributed by atoms with Gasteiger partial charge in [0.15, 0.2) is 5.82 Å². The van der Waals surface area contributed by atoms with E-state index >= 15 is 0 Å². The predicted molar refractivity (Wildman–Crippen MR) is 124 cm³/mol. The Bertz CT molecular complexity index is 1310. The Morgan fingerprint density at radius 3 is 2.53 bits per heavy atom. The lowest BCUT2D eigenvalue weighted by molar-refractivity contribution is -0.122. The van der Waals surface area contributed by atoms with Crippen LogP contribution >= 0.6 is 0 Å². The van der Waals surface area contributed by atoms with Crippen molar-refractivity contribution in [3.8, 4) is 5.82 Å². The van der Waals surface area contributed by atoms with Crippen molar-refractivity contribution < 1.29 is 14.0 Å². The second kappa shape index (κ2) is 9.10. The molecule has 4 aromatic rings. The summed E-state index contributed by atoms with van der Waals surface area (Å²) < 4.78 is 14.8. The Labute approximate surface area is 194 Å². The molecule has 1 atom stereocenters. The molecular weight excluding hydrogens is 437 g/mol. The van der Waals surface area contributed by atoms with Crippen LogP contribution in [-0.2, 0) is 9.59 Å². The average Bonchev–Trinajstić information content (AvgIpc) is 3.52. The van der Waals surface area contributed by atoms with Gasteiger partial charge in [0.2, 0.25) is 11.8 Å². The summed E-state index contributed by atoms with van der Waals surface area (Å²) in [6.45, 7) is 0.252. The highest BCUT2D eigenvalue weighted by molar-refractivity contribution is 6.03. The van der Waals surface area contributed by atoms with Gasteiger partial charge in [-0.2, -0.15) is 5.10 Å². The third-order valence-corrected chi connectivity index (χ3v) is 5.45. The monoisotopic (exact) mass is 457 g/mol. The largest absolute Gasteiger partial charge is 0.340 e. The zero-order valence-corrected chi connectivity index (χ0v) is 17.9. The van der Waals surface area contributed by atoms with E-state index < -0.39 is 5.92 Å².